The summed E-state index contributed by atoms with van der Waals surface area (Å²) in [6.45, 7) is 6.50. The molecule has 1 aliphatic carbocycles. The van der Waals surface area contributed by atoms with Gasteiger partial charge in [0.05, 0.1) is 0 Å². The van der Waals surface area contributed by atoms with Crippen molar-refractivity contribution in [3.8, 4) is 0 Å². The summed E-state index contributed by atoms with van der Waals surface area (Å²) in [4.78, 5) is 27.0. The predicted octanol–water partition coefficient (Wildman–Crippen LogP) is 2.99. The Balaban J connectivity index is 1.84. The second-order valence-corrected chi connectivity index (χ2v) is 7.97. The van der Waals surface area contributed by atoms with Crippen molar-refractivity contribution >= 4 is 22.7 Å². The fourth-order valence-corrected chi connectivity index (χ4v) is 3.31. The largest absolute Gasteiger partial charge is 0.370 e. The topological polar surface area (TPSA) is 88.0 Å². The van der Waals surface area contributed by atoms with Crippen LogP contribution in [0.15, 0.2) is 24.3 Å². The lowest BCUT2D eigenvalue weighted by Gasteiger charge is -2.41. The predicted molar refractivity (Wildman–Crippen MR) is 94.9 cm³/mol. The number of rotatable bonds is 4. The standard InChI is InChI=1S/C19H25N3O2/c1-18(2,3)13-5-6-14-12(9-13)10-15(21-14)17(24)22-19(7-4-8-19)11-16(20)23/h5-6,9-10,21H,4,7-8,11H2,1-3H3,(H2,20,23)(H,22,24). The zero-order chi connectivity index (χ0) is 17.5. The molecule has 0 radical (unpaired) electrons. The van der Waals surface area contributed by atoms with E-state index in [1.54, 1.807) is 0 Å². The molecule has 1 fully saturated rings. The first kappa shape index (κ1) is 16.6. The van der Waals surface area contributed by atoms with Gasteiger partial charge in [0.2, 0.25) is 5.91 Å². The van der Waals surface area contributed by atoms with Crippen molar-refractivity contribution in [1.29, 1.82) is 0 Å². The third-order valence-corrected chi connectivity index (χ3v) is 4.93. The minimum atomic E-state index is -0.462. The smallest absolute Gasteiger partial charge is 0.268 e. The molecule has 0 atom stereocenters. The number of aromatic nitrogens is 1. The number of amides is 2. The summed E-state index contributed by atoms with van der Waals surface area (Å²) < 4.78 is 0. The molecule has 2 amide bonds. The number of carbonyl (C=O) groups is 2. The van der Waals surface area contributed by atoms with Crippen LogP contribution < -0.4 is 11.1 Å². The number of carbonyl (C=O) groups excluding carboxylic acids is 2. The second-order valence-electron chi connectivity index (χ2n) is 7.97. The Morgan fingerprint density at radius 1 is 1.25 bits per heavy atom. The van der Waals surface area contributed by atoms with Gasteiger partial charge in [0, 0.05) is 22.9 Å². The number of aromatic amines is 1. The van der Waals surface area contributed by atoms with Crippen molar-refractivity contribution in [3.63, 3.8) is 0 Å². The maximum atomic E-state index is 12.6. The Morgan fingerprint density at radius 3 is 2.50 bits per heavy atom. The number of primary amides is 1. The van der Waals surface area contributed by atoms with Crippen LogP contribution in [0.3, 0.4) is 0 Å². The first-order chi connectivity index (χ1) is 11.2. The zero-order valence-corrected chi connectivity index (χ0v) is 14.5. The number of nitrogens with two attached hydrogens (primary N) is 1. The van der Waals surface area contributed by atoms with E-state index in [-0.39, 0.29) is 23.7 Å². The van der Waals surface area contributed by atoms with Gasteiger partial charge in [-0.05, 0) is 48.4 Å². The normalized spacial score (nSPS) is 16.6. The SMILES string of the molecule is CC(C)(C)c1ccc2[nH]c(C(=O)NC3(CC(N)=O)CCC3)cc2c1. The van der Waals surface area contributed by atoms with Gasteiger partial charge < -0.3 is 16.0 Å². The molecule has 3 rings (SSSR count). The van der Waals surface area contributed by atoms with E-state index < -0.39 is 5.54 Å². The maximum absolute atomic E-state index is 12.6. The Bertz CT molecular complexity index is 795. The summed E-state index contributed by atoms with van der Waals surface area (Å²) in [6, 6.07) is 8.08. The van der Waals surface area contributed by atoms with E-state index in [0.29, 0.717) is 5.69 Å². The highest BCUT2D eigenvalue weighted by atomic mass is 16.2. The van der Waals surface area contributed by atoms with Gasteiger partial charge >= 0.3 is 0 Å². The van der Waals surface area contributed by atoms with Crippen molar-refractivity contribution in [2.75, 3.05) is 0 Å². The molecule has 128 valence electrons. The number of benzene rings is 1. The Hall–Kier alpha value is -2.30. The number of fused-ring (bicyclic) bond motifs is 1. The molecule has 1 aromatic carbocycles. The van der Waals surface area contributed by atoms with Crippen LogP contribution in [-0.2, 0) is 10.2 Å². The summed E-state index contributed by atoms with van der Waals surface area (Å²) >= 11 is 0. The molecule has 0 spiro atoms. The van der Waals surface area contributed by atoms with Gasteiger partial charge in [0.25, 0.3) is 5.91 Å². The molecular formula is C19H25N3O2. The van der Waals surface area contributed by atoms with E-state index in [2.05, 4.69) is 43.2 Å². The first-order valence-electron chi connectivity index (χ1n) is 8.43. The van der Waals surface area contributed by atoms with E-state index in [1.807, 2.05) is 12.1 Å². The summed E-state index contributed by atoms with van der Waals surface area (Å²) in [7, 11) is 0. The van der Waals surface area contributed by atoms with Crippen molar-refractivity contribution < 1.29 is 9.59 Å². The number of hydrogen-bond donors (Lipinski definition) is 3. The minimum absolute atomic E-state index is 0.0609. The second kappa shape index (κ2) is 5.65. The highest BCUT2D eigenvalue weighted by molar-refractivity contribution is 5.98. The molecule has 0 aliphatic heterocycles. The molecular weight excluding hydrogens is 302 g/mol. The van der Waals surface area contributed by atoms with Crippen molar-refractivity contribution in [2.45, 2.75) is 57.4 Å². The Labute approximate surface area is 142 Å². The summed E-state index contributed by atoms with van der Waals surface area (Å²) in [5.41, 5.74) is 7.61. The van der Waals surface area contributed by atoms with Crippen LogP contribution >= 0.6 is 0 Å². The minimum Gasteiger partial charge on any atom is -0.370 e. The zero-order valence-electron chi connectivity index (χ0n) is 14.5. The molecule has 1 aliphatic rings. The van der Waals surface area contributed by atoms with Crippen LogP contribution in [0.25, 0.3) is 10.9 Å². The summed E-state index contributed by atoms with van der Waals surface area (Å²) in [6.07, 6.45) is 2.81. The molecule has 0 bridgehead atoms. The van der Waals surface area contributed by atoms with Crippen LogP contribution in [0.5, 0.6) is 0 Å². The van der Waals surface area contributed by atoms with Crippen LogP contribution in [0.2, 0.25) is 0 Å². The fraction of sp³-hybridized carbons (Fsp3) is 0.474. The summed E-state index contributed by atoms with van der Waals surface area (Å²) in [5, 5.41) is 4.03. The average molecular weight is 327 g/mol. The first-order valence-corrected chi connectivity index (χ1v) is 8.43. The Kier molecular flexibility index (Phi) is 3.90. The lowest BCUT2D eigenvalue weighted by molar-refractivity contribution is -0.120. The van der Waals surface area contributed by atoms with Crippen LogP contribution in [-0.4, -0.2) is 22.3 Å². The molecule has 5 heteroatoms. The highest BCUT2D eigenvalue weighted by Crippen LogP contribution is 2.35. The summed E-state index contributed by atoms with van der Waals surface area (Å²) in [5.74, 6) is -0.550. The van der Waals surface area contributed by atoms with Gasteiger partial charge in [-0.1, -0.05) is 26.8 Å². The molecule has 1 aromatic heterocycles. The molecule has 24 heavy (non-hydrogen) atoms. The van der Waals surface area contributed by atoms with Crippen LogP contribution in [0.1, 0.15) is 62.5 Å². The van der Waals surface area contributed by atoms with Gasteiger partial charge in [0.1, 0.15) is 5.69 Å². The molecule has 0 unspecified atom stereocenters. The van der Waals surface area contributed by atoms with Gasteiger partial charge in [-0.25, -0.2) is 0 Å². The van der Waals surface area contributed by atoms with Gasteiger partial charge in [-0.3, -0.25) is 9.59 Å². The molecule has 4 N–H and O–H groups in total. The fourth-order valence-electron chi connectivity index (χ4n) is 3.31. The molecule has 2 aromatic rings. The number of hydrogen-bond acceptors (Lipinski definition) is 2. The van der Waals surface area contributed by atoms with Gasteiger partial charge in [-0.2, -0.15) is 0 Å². The number of H-pyrrole nitrogens is 1. The molecule has 0 saturated heterocycles. The molecule has 1 saturated carbocycles. The van der Waals surface area contributed by atoms with E-state index in [4.69, 9.17) is 5.73 Å². The molecule has 5 nitrogen and oxygen atoms in total. The van der Waals surface area contributed by atoms with E-state index in [9.17, 15) is 9.59 Å². The van der Waals surface area contributed by atoms with Crippen LogP contribution in [0, 0.1) is 0 Å². The van der Waals surface area contributed by atoms with E-state index >= 15 is 0 Å². The van der Waals surface area contributed by atoms with Crippen molar-refractivity contribution in [3.05, 3.63) is 35.5 Å². The third kappa shape index (κ3) is 3.16. The monoisotopic (exact) mass is 327 g/mol. The highest BCUT2D eigenvalue weighted by Gasteiger charge is 2.40. The lowest BCUT2D eigenvalue weighted by Crippen LogP contribution is -2.55. The van der Waals surface area contributed by atoms with Crippen molar-refractivity contribution in [2.24, 2.45) is 5.73 Å². The van der Waals surface area contributed by atoms with Gasteiger partial charge in [-0.15, -0.1) is 0 Å². The third-order valence-electron chi connectivity index (χ3n) is 4.93. The lowest BCUT2D eigenvalue weighted by atomic mass is 9.74. The average Bonchev–Trinajstić information content (AvgIpc) is 2.86. The Morgan fingerprint density at radius 2 is 1.96 bits per heavy atom. The number of nitrogens with one attached hydrogen (secondary N) is 2. The quantitative estimate of drug-likeness (QED) is 0.806. The maximum Gasteiger partial charge on any atom is 0.268 e. The molecule has 1 heterocycles. The van der Waals surface area contributed by atoms with Crippen molar-refractivity contribution in [1.82, 2.24) is 10.3 Å². The van der Waals surface area contributed by atoms with E-state index in [0.717, 1.165) is 30.2 Å². The van der Waals surface area contributed by atoms with Crippen LogP contribution in [0.4, 0.5) is 0 Å². The van der Waals surface area contributed by atoms with Gasteiger partial charge in [0.15, 0.2) is 0 Å². The van der Waals surface area contributed by atoms with E-state index in [1.165, 1.54) is 5.56 Å².